The van der Waals surface area contributed by atoms with Gasteiger partial charge in [0, 0.05) is 29.6 Å². The molecule has 28 heavy (non-hydrogen) atoms. The van der Waals surface area contributed by atoms with Gasteiger partial charge in [0.05, 0.1) is 11.6 Å². The van der Waals surface area contributed by atoms with E-state index >= 15 is 0 Å². The molecule has 3 heterocycles. The van der Waals surface area contributed by atoms with Gasteiger partial charge in [0.1, 0.15) is 0 Å². The number of ketones is 1. The molecule has 1 N–H and O–H groups in total. The molecular formula is C21H20N2O5. The Bertz CT molecular complexity index is 992. The Balaban J connectivity index is 1.87. The maximum Gasteiger partial charge on any atom is 0.294 e. The molecule has 2 aliphatic rings. The first-order chi connectivity index (χ1) is 13.3. The van der Waals surface area contributed by atoms with E-state index in [0.29, 0.717) is 22.7 Å². The first-order valence-corrected chi connectivity index (χ1v) is 8.90. The van der Waals surface area contributed by atoms with Gasteiger partial charge in [-0.05, 0) is 29.8 Å². The topological polar surface area (TPSA) is 89.0 Å². The highest BCUT2D eigenvalue weighted by Crippen LogP contribution is 2.45. The second-order valence-electron chi connectivity index (χ2n) is 7.74. The lowest BCUT2D eigenvalue weighted by Gasteiger charge is -2.28. The van der Waals surface area contributed by atoms with Crippen LogP contribution < -0.4 is 14.4 Å². The molecule has 1 aromatic carbocycles. The Labute approximate surface area is 162 Å². The number of hydrogen-bond donors (Lipinski definition) is 1. The van der Waals surface area contributed by atoms with Crippen LogP contribution in [0.3, 0.4) is 0 Å². The number of Topliss-reactive ketones (excluding diaryl/α,β-unsaturated/α-hetero) is 1. The molecule has 144 valence electrons. The quantitative estimate of drug-likeness (QED) is 0.879. The van der Waals surface area contributed by atoms with E-state index in [1.54, 1.807) is 63.5 Å². The average molecular weight is 380 g/mol. The Kier molecular flexibility index (Phi) is 4.10. The summed E-state index contributed by atoms with van der Waals surface area (Å²) in [7, 11) is 0. The first kappa shape index (κ1) is 18.0. The van der Waals surface area contributed by atoms with Gasteiger partial charge in [-0.15, -0.1) is 0 Å². The summed E-state index contributed by atoms with van der Waals surface area (Å²) in [5.74, 6) is -0.357. The Hall–Kier alpha value is -3.35. The fourth-order valence-electron chi connectivity index (χ4n) is 3.40. The summed E-state index contributed by atoms with van der Waals surface area (Å²) < 4.78 is 10.7. The molecule has 0 spiro atoms. The lowest BCUT2D eigenvalue weighted by atomic mass is 9.82. The molecule has 0 fully saturated rings. The molecule has 0 bridgehead atoms. The molecule has 1 atom stereocenters. The standard InChI is InChI=1S/C21H20N2O5/c1-21(2,3)19(25)16-17(12-6-8-22-9-7-12)23(20(26)18(16)24)13-4-5-14-15(10-13)28-11-27-14/h4-10,17,24H,11H2,1-3H3. The van der Waals surface area contributed by atoms with Crippen molar-refractivity contribution in [1.82, 2.24) is 4.98 Å². The van der Waals surface area contributed by atoms with Crippen LogP contribution in [0.4, 0.5) is 5.69 Å². The number of pyridine rings is 1. The summed E-state index contributed by atoms with van der Waals surface area (Å²) in [6.07, 6.45) is 3.18. The third kappa shape index (κ3) is 2.79. The number of benzene rings is 1. The molecular weight excluding hydrogens is 360 g/mol. The van der Waals surface area contributed by atoms with Gasteiger partial charge in [-0.25, -0.2) is 0 Å². The summed E-state index contributed by atoms with van der Waals surface area (Å²) in [6, 6.07) is 7.78. The monoisotopic (exact) mass is 380 g/mol. The number of fused-ring (bicyclic) bond motifs is 1. The largest absolute Gasteiger partial charge is 0.503 e. The molecule has 1 aromatic heterocycles. The molecule has 2 aliphatic heterocycles. The van der Waals surface area contributed by atoms with E-state index in [9.17, 15) is 14.7 Å². The van der Waals surface area contributed by atoms with Crippen LogP contribution in [-0.2, 0) is 9.59 Å². The van der Waals surface area contributed by atoms with Crippen molar-refractivity contribution in [1.29, 1.82) is 0 Å². The van der Waals surface area contributed by atoms with Gasteiger partial charge < -0.3 is 14.6 Å². The predicted octanol–water partition coefficient (Wildman–Crippen LogP) is 3.33. The van der Waals surface area contributed by atoms with Gasteiger partial charge in [0.2, 0.25) is 6.79 Å². The number of aromatic nitrogens is 1. The minimum Gasteiger partial charge on any atom is -0.503 e. The highest BCUT2D eigenvalue weighted by Gasteiger charge is 2.46. The molecule has 1 unspecified atom stereocenters. The number of hydrogen-bond acceptors (Lipinski definition) is 6. The van der Waals surface area contributed by atoms with E-state index in [0.717, 1.165) is 0 Å². The number of carbonyl (C=O) groups is 2. The van der Waals surface area contributed by atoms with E-state index in [4.69, 9.17) is 9.47 Å². The van der Waals surface area contributed by atoms with Crippen LogP contribution in [0.5, 0.6) is 11.5 Å². The highest BCUT2D eigenvalue weighted by atomic mass is 16.7. The van der Waals surface area contributed by atoms with E-state index < -0.39 is 23.1 Å². The summed E-state index contributed by atoms with van der Waals surface area (Å²) in [4.78, 5) is 31.5. The third-order valence-electron chi connectivity index (χ3n) is 4.79. The highest BCUT2D eigenvalue weighted by molar-refractivity contribution is 6.17. The Morgan fingerprint density at radius 1 is 1.14 bits per heavy atom. The molecule has 1 amide bonds. The van der Waals surface area contributed by atoms with Crippen molar-refractivity contribution in [2.24, 2.45) is 5.41 Å². The van der Waals surface area contributed by atoms with Crippen molar-refractivity contribution in [3.63, 3.8) is 0 Å². The van der Waals surface area contributed by atoms with Crippen molar-refractivity contribution in [2.75, 3.05) is 11.7 Å². The predicted molar refractivity (Wildman–Crippen MR) is 101 cm³/mol. The number of aliphatic hydroxyl groups excluding tert-OH is 1. The second-order valence-corrected chi connectivity index (χ2v) is 7.74. The van der Waals surface area contributed by atoms with Crippen LogP contribution in [0, 0.1) is 5.41 Å². The van der Waals surface area contributed by atoms with E-state index in [1.165, 1.54) is 4.90 Å². The van der Waals surface area contributed by atoms with Crippen LogP contribution in [0.25, 0.3) is 0 Å². The zero-order chi connectivity index (χ0) is 20.1. The van der Waals surface area contributed by atoms with Crippen molar-refractivity contribution < 1.29 is 24.2 Å². The number of carbonyl (C=O) groups excluding carboxylic acids is 2. The van der Waals surface area contributed by atoms with Gasteiger partial charge in [0.25, 0.3) is 5.91 Å². The maximum atomic E-state index is 13.1. The van der Waals surface area contributed by atoms with Crippen molar-refractivity contribution in [3.8, 4) is 11.5 Å². The molecule has 4 rings (SSSR count). The Morgan fingerprint density at radius 3 is 2.50 bits per heavy atom. The van der Waals surface area contributed by atoms with Crippen LogP contribution >= 0.6 is 0 Å². The van der Waals surface area contributed by atoms with E-state index in [2.05, 4.69) is 4.98 Å². The van der Waals surface area contributed by atoms with Crippen molar-refractivity contribution in [3.05, 3.63) is 59.6 Å². The van der Waals surface area contributed by atoms with Crippen LogP contribution in [0.2, 0.25) is 0 Å². The lowest BCUT2D eigenvalue weighted by molar-refractivity contribution is -0.123. The summed E-state index contributed by atoms with van der Waals surface area (Å²) >= 11 is 0. The van der Waals surface area contributed by atoms with Gasteiger partial charge in [0.15, 0.2) is 23.0 Å². The normalized spacial score (nSPS) is 18.8. The summed E-state index contributed by atoms with van der Waals surface area (Å²) in [6.45, 7) is 5.38. The fourth-order valence-corrected chi connectivity index (χ4v) is 3.40. The minimum atomic E-state index is -0.764. The molecule has 2 aromatic rings. The molecule has 0 aliphatic carbocycles. The van der Waals surface area contributed by atoms with Crippen molar-refractivity contribution >= 4 is 17.4 Å². The second kappa shape index (κ2) is 6.37. The SMILES string of the molecule is CC(C)(C)C(=O)C1=C(O)C(=O)N(c2ccc3c(c2)OCO3)C1c1ccncc1. The third-order valence-corrected chi connectivity index (χ3v) is 4.79. The first-order valence-electron chi connectivity index (χ1n) is 8.90. The van der Waals surface area contributed by atoms with Gasteiger partial charge in [-0.2, -0.15) is 0 Å². The average Bonchev–Trinajstić information content (AvgIpc) is 3.23. The van der Waals surface area contributed by atoms with Gasteiger partial charge in [-0.3, -0.25) is 19.5 Å². The Morgan fingerprint density at radius 2 is 1.82 bits per heavy atom. The minimum absolute atomic E-state index is 0.0846. The molecule has 0 saturated carbocycles. The number of ether oxygens (including phenoxy) is 2. The number of amides is 1. The summed E-state index contributed by atoms with van der Waals surface area (Å²) in [5.41, 5.74) is 0.498. The zero-order valence-electron chi connectivity index (χ0n) is 15.8. The number of nitrogens with zero attached hydrogens (tertiary/aromatic N) is 2. The molecule has 7 nitrogen and oxygen atoms in total. The molecule has 0 saturated heterocycles. The molecule has 7 heteroatoms. The fraction of sp³-hybridized carbons (Fsp3) is 0.286. The van der Waals surface area contributed by atoms with Gasteiger partial charge >= 0.3 is 0 Å². The van der Waals surface area contributed by atoms with Crippen molar-refractivity contribution in [2.45, 2.75) is 26.8 Å². The van der Waals surface area contributed by atoms with E-state index in [-0.39, 0.29) is 18.1 Å². The lowest BCUT2D eigenvalue weighted by Crippen LogP contribution is -2.32. The van der Waals surface area contributed by atoms with Crippen LogP contribution in [0.1, 0.15) is 32.4 Å². The zero-order valence-corrected chi connectivity index (χ0v) is 15.8. The smallest absolute Gasteiger partial charge is 0.294 e. The van der Waals surface area contributed by atoms with E-state index in [1.807, 2.05) is 0 Å². The number of rotatable bonds is 3. The summed E-state index contributed by atoms with van der Waals surface area (Å²) in [5, 5.41) is 10.6. The number of aliphatic hydroxyl groups is 1. The van der Waals surface area contributed by atoms with Crippen LogP contribution in [-0.4, -0.2) is 28.6 Å². The number of anilines is 1. The van der Waals surface area contributed by atoms with Crippen LogP contribution in [0.15, 0.2) is 54.1 Å². The maximum absolute atomic E-state index is 13.1. The molecule has 0 radical (unpaired) electrons. The van der Waals surface area contributed by atoms with Gasteiger partial charge in [-0.1, -0.05) is 20.8 Å².